The largest absolute Gasteiger partial charge is 0.348 e. The van der Waals surface area contributed by atoms with Crippen molar-refractivity contribution in [1.29, 1.82) is 0 Å². The van der Waals surface area contributed by atoms with E-state index < -0.39 is 6.03 Å². The van der Waals surface area contributed by atoms with E-state index in [-0.39, 0.29) is 48.6 Å². The van der Waals surface area contributed by atoms with Gasteiger partial charge in [0.05, 0.1) is 6.04 Å². The highest BCUT2D eigenvalue weighted by molar-refractivity contribution is 5.98. The Morgan fingerprint density at radius 3 is 2.48 bits per heavy atom. The van der Waals surface area contributed by atoms with Crippen LogP contribution >= 0.6 is 0 Å². The molecule has 0 saturated carbocycles. The van der Waals surface area contributed by atoms with E-state index in [4.69, 9.17) is 0 Å². The Labute approximate surface area is 146 Å². The first-order valence-corrected chi connectivity index (χ1v) is 8.28. The van der Waals surface area contributed by atoms with Gasteiger partial charge in [0.1, 0.15) is 12.4 Å². The van der Waals surface area contributed by atoms with Crippen LogP contribution in [-0.2, 0) is 9.59 Å². The monoisotopic (exact) mass is 349 g/mol. The van der Waals surface area contributed by atoms with Gasteiger partial charge in [0.2, 0.25) is 11.8 Å². The molecule has 6 nitrogen and oxygen atoms in total. The molecule has 0 radical (unpaired) electrons. The third-order valence-corrected chi connectivity index (χ3v) is 3.90. The number of nitrogens with zero attached hydrogens (tertiary/aromatic N) is 1. The molecule has 1 fully saturated rings. The van der Waals surface area contributed by atoms with Crippen molar-refractivity contribution in [2.24, 2.45) is 5.41 Å². The molecule has 25 heavy (non-hydrogen) atoms. The average Bonchev–Trinajstić information content (AvgIpc) is 2.49. The van der Waals surface area contributed by atoms with Gasteiger partial charge in [-0.1, -0.05) is 32.9 Å². The van der Waals surface area contributed by atoms with Gasteiger partial charge in [-0.3, -0.25) is 14.9 Å². The van der Waals surface area contributed by atoms with Crippen molar-refractivity contribution >= 4 is 17.8 Å². The molecule has 2 N–H and O–H groups in total. The van der Waals surface area contributed by atoms with Gasteiger partial charge in [-0.2, -0.15) is 0 Å². The van der Waals surface area contributed by atoms with Crippen molar-refractivity contribution in [2.45, 2.75) is 39.7 Å². The third-order valence-electron chi connectivity index (χ3n) is 3.90. The topological polar surface area (TPSA) is 78.5 Å². The van der Waals surface area contributed by atoms with Crippen LogP contribution in [0.5, 0.6) is 0 Å². The number of carbonyl (C=O) groups excluding carboxylic acids is 3. The second kappa shape index (κ2) is 7.63. The molecule has 0 aromatic heterocycles. The Bertz CT molecular complexity index is 653. The van der Waals surface area contributed by atoms with Gasteiger partial charge in [-0.15, -0.1) is 0 Å². The fraction of sp³-hybridized carbons (Fsp3) is 0.500. The van der Waals surface area contributed by atoms with Gasteiger partial charge >= 0.3 is 6.03 Å². The number of amides is 4. The molecule has 1 aliphatic heterocycles. The predicted molar refractivity (Wildman–Crippen MR) is 91.1 cm³/mol. The van der Waals surface area contributed by atoms with E-state index in [0.717, 1.165) is 5.56 Å². The zero-order chi connectivity index (χ0) is 18.6. The Morgan fingerprint density at radius 1 is 1.28 bits per heavy atom. The molecule has 2 rings (SSSR count). The van der Waals surface area contributed by atoms with Crippen LogP contribution < -0.4 is 10.6 Å². The summed E-state index contributed by atoms with van der Waals surface area (Å²) >= 11 is 0. The van der Waals surface area contributed by atoms with Crippen molar-refractivity contribution < 1.29 is 18.8 Å². The Morgan fingerprint density at radius 2 is 1.92 bits per heavy atom. The smallest absolute Gasteiger partial charge is 0.324 e. The predicted octanol–water partition coefficient (Wildman–Crippen LogP) is 2.36. The second-order valence-corrected chi connectivity index (χ2v) is 7.46. The Balaban J connectivity index is 2.05. The van der Waals surface area contributed by atoms with Crippen molar-refractivity contribution in [3.63, 3.8) is 0 Å². The fourth-order valence-corrected chi connectivity index (χ4v) is 2.72. The van der Waals surface area contributed by atoms with Crippen LogP contribution in [0, 0.1) is 11.2 Å². The third kappa shape index (κ3) is 5.85. The first-order valence-electron chi connectivity index (χ1n) is 8.28. The molecule has 1 aliphatic rings. The number of hydrogen-bond acceptors (Lipinski definition) is 3. The fourth-order valence-electron chi connectivity index (χ4n) is 2.72. The SMILES string of the molecule is CC(C)(C)CC(NC(=O)CN1CCC(=O)NC1=O)c1ccc(F)cc1. The minimum atomic E-state index is -0.555. The summed E-state index contributed by atoms with van der Waals surface area (Å²) in [4.78, 5) is 36.6. The lowest BCUT2D eigenvalue weighted by atomic mass is 9.85. The highest BCUT2D eigenvalue weighted by atomic mass is 19.1. The van der Waals surface area contributed by atoms with E-state index >= 15 is 0 Å². The highest BCUT2D eigenvalue weighted by Crippen LogP contribution is 2.29. The van der Waals surface area contributed by atoms with Crippen LogP contribution in [0.2, 0.25) is 0 Å². The number of benzene rings is 1. The van der Waals surface area contributed by atoms with E-state index in [1.54, 1.807) is 12.1 Å². The van der Waals surface area contributed by atoms with Crippen molar-refractivity contribution in [2.75, 3.05) is 13.1 Å². The molecule has 0 bridgehead atoms. The Hall–Kier alpha value is -2.44. The van der Waals surface area contributed by atoms with Crippen LogP contribution in [0.3, 0.4) is 0 Å². The lowest BCUT2D eigenvalue weighted by Crippen LogP contribution is -2.52. The molecule has 136 valence electrons. The molecular weight excluding hydrogens is 325 g/mol. The summed E-state index contributed by atoms with van der Waals surface area (Å²) in [5.41, 5.74) is 0.754. The first kappa shape index (κ1) is 18.9. The summed E-state index contributed by atoms with van der Waals surface area (Å²) in [6, 6.07) is 5.18. The summed E-state index contributed by atoms with van der Waals surface area (Å²) in [7, 11) is 0. The second-order valence-electron chi connectivity index (χ2n) is 7.46. The summed E-state index contributed by atoms with van der Waals surface area (Å²) in [5, 5.41) is 5.11. The highest BCUT2D eigenvalue weighted by Gasteiger charge is 2.27. The maximum atomic E-state index is 13.2. The van der Waals surface area contributed by atoms with Gasteiger partial charge < -0.3 is 10.2 Å². The van der Waals surface area contributed by atoms with Gasteiger partial charge in [-0.05, 0) is 29.5 Å². The summed E-state index contributed by atoms with van der Waals surface area (Å²) in [6.45, 7) is 6.26. The first-order chi connectivity index (χ1) is 11.6. The average molecular weight is 349 g/mol. The molecule has 0 aliphatic carbocycles. The van der Waals surface area contributed by atoms with E-state index in [2.05, 4.69) is 31.4 Å². The van der Waals surface area contributed by atoms with Crippen LogP contribution in [0.1, 0.15) is 45.2 Å². The zero-order valence-electron chi connectivity index (χ0n) is 14.8. The van der Waals surface area contributed by atoms with Crippen LogP contribution in [0.25, 0.3) is 0 Å². The lowest BCUT2D eigenvalue weighted by Gasteiger charge is -2.29. The minimum absolute atomic E-state index is 0.0543. The number of urea groups is 1. The van der Waals surface area contributed by atoms with Gasteiger partial charge in [-0.25, -0.2) is 9.18 Å². The van der Waals surface area contributed by atoms with Crippen LogP contribution in [0.15, 0.2) is 24.3 Å². The molecule has 1 saturated heterocycles. The molecule has 7 heteroatoms. The van der Waals surface area contributed by atoms with Crippen LogP contribution in [-0.4, -0.2) is 35.8 Å². The van der Waals surface area contributed by atoms with Crippen LogP contribution in [0.4, 0.5) is 9.18 Å². The quantitative estimate of drug-likeness (QED) is 0.856. The molecule has 1 aromatic carbocycles. The van der Waals surface area contributed by atoms with Crippen molar-refractivity contribution in [3.05, 3.63) is 35.6 Å². The maximum Gasteiger partial charge on any atom is 0.324 e. The standard InChI is InChI=1S/C18H24FN3O3/c1-18(2,3)10-14(12-4-6-13(19)7-5-12)20-16(24)11-22-9-8-15(23)21-17(22)25/h4-7,14H,8-11H2,1-3H3,(H,20,24)(H,21,23,25). The number of rotatable bonds is 5. The van der Waals surface area contributed by atoms with E-state index in [9.17, 15) is 18.8 Å². The van der Waals surface area contributed by atoms with Gasteiger partial charge in [0, 0.05) is 13.0 Å². The molecule has 1 atom stereocenters. The van der Waals surface area contributed by atoms with E-state index in [0.29, 0.717) is 6.42 Å². The number of carbonyl (C=O) groups is 3. The normalized spacial score (nSPS) is 16.4. The molecule has 1 aromatic rings. The summed E-state index contributed by atoms with van der Waals surface area (Å²) in [5.74, 6) is -0.985. The zero-order valence-corrected chi connectivity index (χ0v) is 14.8. The van der Waals surface area contributed by atoms with Gasteiger partial charge in [0.15, 0.2) is 0 Å². The number of halogens is 1. The summed E-state index contributed by atoms with van der Waals surface area (Å²) < 4.78 is 13.2. The molecule has 0 spiro atoms. The summed E-state index contributed by atoms with van der Waals surface area (Å²) in [6.07, 6.45) is 0.845. The molecule has 1 unspecified atom stereocenters. The van der Waals surface area contributed by atoms with E-state index in [1.165, 1.54) is 17.0 Å². The molecule has 4 amide bonds. The number of imide groups is 1. The molecule has 1 heterocycles. The van der Waals surface area contributed by atoms with Gasteiger partial charge in [0.25, 0.3) is 0 Å². The van der Waals surface area contributed by atoms with Crippen molar-refractivity contribution in [3.8, 4) is 0 Å². The molecular formula is C18H24FN3O3. The maximum absolute atomic E-state index is 13.2. The number of hydrogen-bond donors (Lipinski definition) is 2. The number of nitrogens with one attached hydrogen (secondary N) is 2. The van der Waals surface area contributed by atoms with Crippen molar-refractivity contribution in [1.82, 2.24) is 15.5 Å². The van der Waals surface area contributed by atoms with E-state index in [1.807, 2.05) is 0 Å². The lowest BCUT2D eigenvalue weighted by molar-refractivity contribution is -0.125. The Kier molecular flexibility index (Phi) is 5.77. The minimum Gasteiger partial charge on any atom is -0.348 e.